The molecule has 0 saturated heterocycles. The van der Waals surface area contributed by atoms with Crippen LogP contribution in [0.15, 0.2) is 0 Å². The van der Waals surface area contributed by atoms with Gasteiger partial charge in [-0.2, -0.15) is 0 Å². The molecule has 0 saturated carbocycles. The van der Waals surface area contributed by atoms with Gasteiger partial charge >= 0.3 is 5.97 Å². The van der Waals surface area contributed by atoms with Gasteiger partial charge in [0.15, 0.2) is 0 Å². The maximum atomic E-state index is 12.4. The molecule has 0 rings (SSSR count). The van der Waals surface area contributed by atoms with Crippen LogP contribution in [-0.4, -0.2) is 65.4 Å². The highest BCUT2D eigenvalue weighted by Gasteiger charge is 2.29. The highest BCUT2D eigenvalue weighted by Crippen LogP contribution is 2.03. The molecule has 0 aliphatic carbocycles. The minimum Gasteiger partial charge on any atom is -0.480 e. The van der Waals surface area contributed by atoms with Gasteiger partial charge in [0.1, 0.15) is 18.1 Å². The lowest BCUT2D eigenvalue weighted by molar-refractivity contribution is -0.142. The molecule has 0 fully saturated rings. The van der Waals surface area contributed by atoms with E-state index in [0.717, 1.165) is 0 Å². The van der Waals surface area contributed by atoms with Crippen LogP contribution >= 0.6 is 0 Å². The first-order chi connectivity index (χ1) is 13.0. The van der Waals surface area contributed by atoms with Crippen LogP contribution in [0.1, 0.15) is 39.5 Å². The zero-order chi connectivity index (χ0) is 21.9. The van der Waals surface area contributed by atoms with Crippen molar-refractivity contribution in [2.45, 2.75) is 63.7 Å². The molecule has 12 nitrogen and oxygen atoms in total. The first kappa shape index (κ1) is 25.3. The number of rotatable bonds is 13. The fourth-order valence-corrected chi connectivity index (χ4v) is 2.14. The van der Waals surface area contributed by atoms with Gasteiger partial charge in [0.2, 0.25) is 23.6 Å². The third-order valence-electron chi connectivity index (χ3n) is 3.77. The molecule has 0 bridgehead atoms. The summed E-state index contributed by atoms with van der Waals surface area (Å²) in [6.45, 7) is 3.17. The standard InChI is InChI=1S/C16H30N6O6/c1-8(18)13(24)20-9(2)14(25)22-11(7-12(19)23)15(26)21-10(16(27)28)5-3-4-6-17/h8-11H,3-7,17-18H2,1-2H3,(H2,19,23)(H,20,24)(H,21,26)(H,22,25)(H,27,28)/t8-,9-,10-,11-/m0/s1. The fourth-order valence-electron chi connectivity index (χ4n) is 2.14. The Morgan fingerprint density at radius 3 is 1.93 bits per heavy atom. The lowest BCUT2D eigenvalue weighted by Gasteiger charge is -2.22. The maximum Gasteiger partial charge on any atom is 0.326 e. The zero-order valence-electron chi connectivity index (χ0n) is 16.1. The van der Waals surface area contributed by atoms with Gasteiger partial charge < -0.3 is 38.3 Å². The number of carbonyl (C=O) groups excluding carboxylic acids is 4. The molecular weight excluding hydrogens is 372 g/mol. The Hall–Kier alpha value is -2.73. The molecule has 0 unspecified atom stereocenters. The molecular formula is C16H30N6O6. The van der Waals surface area contributed by atoms with Crippen molar-refractivity contribution >= 4 is 29.6 Å². The Morgan fingerprint density at radius 2 is 1.46 bits per heavy atom. The van der Waals surface area contributed by atoms with Crippen LogP contribution in [0.3, 0.4) is 0 Å². The largest absolute Gasteiger partial charge is 0.480 e. The Kier molecular flexibility index (Phi) is 11.4. The number of hydrogen-bond donors (Lipinski definition) is 7. The summed E-state index contributed by atoms with van der Waals surface area (Å²) in [4.78, 5) is 58.7. The predicted molar refractivity (Wildman–Crippen MR) is 99.5 cm³/mol. The third kappa shape index (κ3) is 9.83. The molecule has 0 aromatic carbocycles. The van der Waals surface area contributed by atoms with Crippen molar-refractivity contribution in [1.82, 2.24) is 16.0 Å². The lowest BCUT2D eigenvalue weighted by Crippen LogP contribution is -2.56. The first-order valence-electron chi connectivity index (χ1n) is 8.87. The normalized spacial score (nSPS) is 14.9. The molecule has 0 aliphatic heterocycles. The molecule has 0 aromatic heterocycles. The van der Waals surface area contributed by atoms with E-state index in [1.54, 1.807) is 0 Å². The van der Waals surface area contributed by atoms with E-state index in [-0.39, 0.29) is 6.42 Å². The van der Waals surface area contributed by atoms with E-state index in [1.165, 1.54) is 13.8 Å². The van der Waals surface area contributed by atoms with E-state index in [0.29, 0.717) is 19.4 Å². The number of carboxylic acid groups (broad SMARTS) is 1. The predicted octanol–water partition coefficient (Wildman–Crippen LogP) is -3.10. The Labute approximate surface area is 162 Å². The zero-order valence-corrected chi connectivity index (χ0v) is 16.1. The minimum atomic E-state index is -1.39. The van der Waals surface area contributed by atoms with Crippen molar-refractivity contribution in [2.75, 3.05) is 6.54 Å². The molecule has 28 heavy (non-hydrogen) atoms. The van der Waals surface area contributed by atoms with Crippen molar-refractivity contribution in [1.29, 1.82) is 0 Å². The Balaban J connectivity index is 5.05. The number of unbranched alkanes of at least 4 members (excludes halogenated alkanes) is 1. The van der Waals surface area contributed by atoms with Crippen molar-refractivity contribution in [3.05, 3.63) is 0 Å². The fraction of sp³-hybridized carbons (Fsp3) is 0.688. The van der Waals surface area contributed by atoms with Crippen molar-refractivity contribution in [2.24, 2.45) is 17.2 Å². The van der Waals surface area contributed by atoms with Gasteiger partial charge in [-0.3, -0.25) is 19.2 Å². The van der Waals surface area contributed by atoms with Gasteiger partial charge in [0, 0.05) is 0 Å². The number of nitrogens with one attached hydrogen (secondary N) is 3. The van der Waals surface area contributed by atoms with Gasteiger partial charge in [-0.05, 0) is 39.7 Å². The minimum absolute atomic E-state index is 0.135. The second-order valence-corrected chi connectivity index (χ2v) is 6.43. The van der Waals surface area contributed by atoms with E-state index < -0.39 is 60.2 Å². The molecule has 10 N–H and O–H groups in total. The van der Waals surface area contributed by atoms with E-state index in [4.69, 9.17) is 17.2 Å². The summed E-state index contributed by atoms with van der Waals surface area (Å²) < 4.78 is 0. The Bertz CT molecular complexity index is 582. The summed E-state index contributed by atoms with van der Waals surface area (Å²) >= 11 is 0. The second kappa shape index (κ2) is 12.6. The van der Waals surface area contributed by atoms with Gasteiger partial charge in [0.05, 0.1) is 12.5 Å². The quantitative estimate of drug-likeness (QED) is 0.156. The number of amides is 4. The molecule has 160 valence electrons. The number of nitrogens with two attached hydrogens (primary N) is 3. The molecule has 0 heterocycles. The number of primary amides is 1. The molecule has 0 radical (unpaired) electrons. The summed E-state index contributed by atoms with van der Waals surface area (Å²) in [5, 5.41) is 16.1. The molecule has 0 aromatic rings. The second-order valence-electron chi connectivity index (χ2n) is 6.43. The van der Waals surface area contributed by atoms with Gasteiger partial charge in [-0.15, -0.1) is 0 Å². The van der Waals surface area contributed by atoms with Crippen LogP contribution in [0.25, 0.3) is 0 Å². The average Bonchev–Trinajstić information content (AvgIpc) is 2.59. The number of aliphatic carboxylic acids is 1. The number of carboxylic acids is 1. The summed E-state index contributed by atoms with van der Waals surface area (Å²) in [5.41, 5.74) is 15.9. The summed E-state index contributed by atoms with van der Waals surface area (Å²) in [7, 11) is 0. The maximum absolute atomic E-state index is 12.4. The highest BCUT2D eigenvalue weighted by atomic mass is 16.4. The van der Waals surface area contributed by atoms with Gasteiger partial charge in [-0.25, -0.2) is 4.79 Å². The van der Waals surface area contributed by atoms with Gasteiger partial charge in [-0.1, -0.05) is 0 Å². The summed E-state index contributed by atoms with van der Waals surface area (Å²) in [6.07, 6.45) is 0.649. The number of carbonyl (C=O) groups is 5. The van der Waals surface area contributed by atoms with Gasteiger partial charge in [0.25, 0.3) is 0 Å². The van der Waals surface area contributed by atoms with Crippen LogP contribution in [0.2, 0.25) is 0 Å². The van der Waals surface area contributed by atoms with Crippen molar-refractivity contribution in [3.63, 3.8) is 0 Å². The SMILES string of the molecule is C[C@H](N)C(=O)N[C@@H](C)C(=O)N[C@@H](CC(N)=O)C(=O)N[C@@H](CCCCN)C(=O)O. The average molecular weight is 402 g/mol. The summed E-state index contributed by atoms with van der Waals surface area (Å²) in [6, 6.07) is -4.48. The molecule has 4 amide bonds. The van der Waals surface area contributed by atoms with E-state index >= 15 is 0 Å². The van der Waals surface area contributed by atoms with Crippen LogP contribution < -0.4 is 33.2 Å². The first-order valence-corrected chi connectivity index (χ1v) is 8.87. The van der Waals surface area contributed by atoms with Crippen LogP contribution in [-0.2, 0) is 24.0 Å². The van der Waals surface area contributed by atoms with E-state index in [1.807, 2.05) is 0 Å². The monoisotopic (exact) mass is 402 g/mol. The summed E-state index contributed by atoms with van der Waals surface area (Å²) in [5.74, 6) is -4.34. The topological polar surface area (TPSA) is 220 Å². The van der Waals surface area contributed by atoms with Crippen LogP contribution in [0.5, 0.6) is 0 Å². The lowest BCUT2D eigenvalue weighted by atomic mass is 10.1. The molecule has 0 spiro atoms. The van der Waals surface area contributed by atoms with E-state index in [9.17, 15) is 29.1 Å². The molecule has 4 atom stereocenters. The highest BCUT2D eigenvalue weighted by molar-refractivity contribution is 5.95. The van der Waals surface area contributed by atoms with E-state index in [2.05, 4.69) is 16.0 Å². The Morgan fingerprint density at radius 1 is 0.893 bits per heavy atom. The number of hydrogen-bond acceptors (Lipinski definition) is 7. The third-order valence-corrected chi connectivity index (χ3v) is 3.77. The smallest absolute Gasteiger partial charge is 0.326 e. The van der Waals surface area contributed by atoms with Crippen molar-refractivity contribution < 1.29 is 29.1 Å². The van der Waals surface area contributed by atoms with Crippen molar-refractivity contribution in [3.8, 4) is 0 Å². The molecule has 0 aliphatic rings. The van der Waals surface area contributed by atoms with Crippen LogP contribution in [0, 0.1) is 0 Å². The van der Waals surface area contributed by atoms with Crippen LogP contribution in [0.4, 0.5) is 0 Å². The molecule has 12 heteroatoms.